The summed E-state index contributed by atoms with van der Waals surface area (Å²) >= 11 is 7.42. The first-order valence-electron chi connectivity index (χ1n) is 7.47. The van der Waals surface area contributed by atoms with Crippen LogP contribution < -0.4 is 4.90 Å². The largest absolute Gasteiger partial charge is 0.462 e. The van der Waals surface area contributed by atoms with Gasteiger partial charge in [0.1, 0.15) is 10.6 Å². The molecule has 3 aromatic rings. The standard InChI is InChI=1S/C17H16ClN3O2S/c1-3-23-16(22)12-10-24-15-13(12)14(19-17(18)20-15)21(2)9-11-7-5-4-6-8-11/h4-8,10H,3,9H2,1-2H3. The molecule has 0 radical (unpaired) electrons. The van der Waals surface area contributed by atoms with Crippen molar-refractivity contribution in [3.63, 3.8) is 0 Å². The highest BCUT2D eigenvalue weighted by molar-refractivity contribution is 7.17. The molecule has 5 nitrogen and oxygen atoms in total. The van der Waals surface area contributed by atoms with Gasteiger partial charge in [-0.25, -0.2) is 9.78 Å². The minimum absolute atomic E-state index is 0.162. The number of halogens is 1. The van der Waals surface area contributed by atoms with Gasteiger partial charge in [0.15, 0.2) is 0 Å². The van der Waals surface area contributed by atoms with Crippen molar-refractivity contribution >= 4 is 44.9 Å². The summed E-state index contributed by atoms with van der Waals surface area (Å²) in [7, 11) is 1.91. The van der Waals surface area contributed by atoms with E-state index in [1.54, 1.807) is 12.3 Å². The Hall–Kier alpha value is -2.18. The van der Waals surface area contributed by atoms with Crippen molar-refractivity contribution < 1.29 is 9.53 Å². The Bertz CT molecular complexity index is 867. The molecule has 0 saturated carbocycles. The molecule has 0 saturated heterocycles. The van der Waals surface area contributed by atoms with E-state index in [-0.39, 0.29) is 11.3 Å². The van der Waals surface area contributed by atoms with Crippen molar-refractivity contribution in [1.29, 1.82) is 0 Å². The van der Waals surface area contributed by atoms with Gasteiger partial charge in [0.2, 0.25) is 5.28 Å². The molecular weight excluding hydrogens is 346 g/mol. The molecule has 24 heavy (non-hydrogen) atoms. The Morgan fingerprint density at radius 2 is 2.04 bits per heavy atom. The highest BCUT2D eigenvalue weighted by Crippen LogP contribution is 2.33. The molecule has 2 aromatic heterocycles. The molecule has 0 atom stereocenters. The van der Waals surface area contributed by atoms with Crippen molar-refractivity contribution in [3.8, 4) is 0 Å². The van der Waals surface area contributed by atoms with Crippen molar-refractivity contribution in [3.05, 3.63) is 52.1 Å². The monoisotopic (exact) mass is 361 g/mol. The van der Waals surface area contributed by atoms with E-state index < -0.39 is 0 Å². The van der Waals surface area contributed by atoms with Crippen molar-refractivity contribution in [1.82, 2.24) is 9.97 Å². The highest BCUT2D eigenvalue weighted by Gasteiger charge is 2.21. The molecule has 124 valence electrons. The highest BCUT2D eigenvalue weighted by atomic mass is 35.5. The number of benzene rings is 1. The first-order valence-corrected chi connectivity index (χ1v) is 8.72. The van der Waals surface area contributed by atoms with E-state index in [2.05, 4.69) is 9.97 Å². The van der Waals surface area contributed by atoms with Gasteiger partial charge in [0, 0.05) is 19.0 Å². The van der Waals surface area contributed by atoms with Crippen LogP contribution in [0.15, 0.2) is 35.7 Å². The van der Waals surface area contributed by atoms with Gasteiger partial charge in [-0.15, -0.1) is 11.3 Å². The summed E-state index contributed by atoms with van der Waals surface area (Å²) in [5, 5.41) is 2.59. The number of carbonyl (C=O) groups is 1. The third kappa shape index (κ3) is 3.34. The summed E-state index contributed by atoms with van der Waals surface area (Å²) in [6.45, 7) is 2.74. The van der Waals surface area contributed by atoms with Gasteiger partial charge in [-0.05, 0) is 24.1 Å². The molecule has 0 aliphatic heterocycles. The maximum absolute atomic E-state index is 12.2. The average Bonchev–Trinajstić information content (AvgIpc) is 2.99. The maximum atomic E-state index is 12.2. The number of hydrogen-bond donors (Lipinski definition) is 0. The van der Waals surface area contributed by atoms with Gasteiger partial charge in [-0.3, -0.25) is 0 Å². The van der Waals surface area contributed by atoms with Gasteiger partial charge >= 0.3 is 5.97 Å². The zero-order chi connectivity index (χ0) is 17.1. The molecule has 0 aliphatic carbocycles. The molecule has 1 aromatic carbocycles. The van der Waals surface area contributed by atoms with Gasteiger partial charge in [0.05, 0.1) is 17.6 Å². The summed E-state index contributed by atoms with van der Waals surface area (Å²) in [6, 6.07) is 10.0. The van der Waals surface area contributed by atoms with Crippen LogP contribution in [0.5, 0.6) is 0 Å². The van der Waals surface area contributed by atoms with Crippen LogP contribution in [-0.4, -0.2) is 29.6 Å². The SMILES string of the molecule is CCOC(=O)c1csc2nc(Cl)nc(N(C)Cc3ccccc3)c12. The lowest BCUT2D eigenvalue weighted by Crippen LogP contribution is -2.19. The van der Waals surface area contributed by atoms with Crippen LogP contribution in [0.2, 0.25) is 5.28 Å². The normalized spacial score (nSPS) is 10.8. The lowest BCUT2D eigenvalue weighted by molar-refractivity contribution is 0.0529. The number of esters is 1. The number of rotatable bonds is 5. The van der Waals surface area contributed by atoms with Crippen LogP contribution in [-0.2, 0) is 11.3 Å². The summed E-state index contributed by atoms with van der Waals surface area (Å²) < 4.78 is 5.14. The lowest BCUT2D eigenvalue weighted by Gasteiger charge is -2.19. The van der Waals surface area contributed by atoms with Crippen molar-refractivity contribution in [2.45, 2.75) is 13.5 Å². The minimum atomic E-state index is -0.371. The van der Waals surface area contributed by atoms with Gasteiger partial charge < -0.3 is 9.64 Å². The van der Waals surface area contributed by atoms with Crippen LogP contribution in [0.3, 0.4) is 0 Å². The molecule has 7 heteroatoms. The minimum Gasteiger partial charge on any atom is -0.462 e. The number of fused-ring (bicyclic) bond motifs is 1. The molecule has 0 unspecified atom stereocenters. The van der Waals surface area contributed by atoms with E-state index in [4.69, 9.17) is 16.3 Å². The average molecular weight is 362 g/mol. The number of ether oxygens (including phenoxy) is 1. The van der Waals surface area contributed by atoms with Crippen LogP contribution in [0.25, 0.3) is 10.2 Å². The Balaban J connectivity index is 2.05. The summed E-state index contributed by atoms with van der Waals surface area (Å²) in [4.78, 5) is 23.4. The lowest BCUT2D eigenvalue weighted by atomic mass is 10.2. The summed E-state index contributed by atoms with van der Waals surface area (Å²) in [5.41, 5.74) is 1.61. The van der Waals surface area contributed by atoms with Crippen LogP contribution >= 0.6 is 22.9 Å². The summed E-state index contributed by atoms with van der Waals surface area (Å²) in [5.74, 6) is 0.252. The third-order valence-electron chi connectivity index (χ3n) is 3.51. The molecule has 0 bridgehead atoms. The van der Waals surface area contributed by atoms with Gasteiger partial charge in [0.25, 0.3) is 0 Å². The molecule has 0 spiro atoms. The predicted octanol–water partition coefficient (Wildman–Crippen LogP) is 4.16. The van der Waals surface area contributed by atoms with E-state index in [1.165, 1.54) is 11.3 Å². The predicted molar refractivity (Wildman–Crippen MR) is 96.9 cm³/mol. The molecule has 0 fully saturated rings. The number of aromatic nitrogens is 2. The molecule has 2 heterocycles. The maximum Gasteiger partial charge on any atom is 0.339 e. The Morgan fingerprint density at radius 1 is 1.29 bits per heavy atom. The fourth-order valence-corrected chi connectivity index (χ4v) is 3.58. The van der Waals surface area contributed by atoms with Crippen LogP contribution in [0.4, 0.5) is 5.82 Å². The number of nitrogens with zero attached hydrogens (tertiary/aromatic N) is 3. The second kappa shape index (κ2) is 7.15. The van der Waals surface area contributed by atoms with Crippen LogP contribution in [0.1, 0.15) is 22.8 Å². The fraction of sp³-hybridized carbons (Fsp3) is 0.235. The molecule has 0 N–H and O–H groups in total. The second-order valence-electron chi connectivity index (χ2n) is 5.21. The Kier molecular flexibility index (Phi) is 4.97. The third-order valence-corrected chi connectivity index (χ3v) is 4.55. The van der Waals surface area contributed by atoms with E-state index in [0.29, 0.717) is 34.7 Å². The van der Waals surface area contributed by atoms with Crippen LogP contribution in [0, 0.1) is 0 Å². The topological polar surface area (TPSA) is 55.3 Å². The number of carbonyl (C=O) groups excluding carboxylic acids is 1. The Labute approximate surface area is 148 Å². The van der Waals surface area contributed by atoms with Gasteiger partial charge in [-0.2, -0.15) is 4.98 Å². The van der Waals surface area contributed by atoms with E-state index in [0.717, 1.165) is 5.56 Å². The Morgan fingerprint density at radius 3 is 2.75 bits per heavy atom. The number of anilines is 1. The zero-order valence-electron chi connectivity index (χ0n) is 13.3. The molecule has 0 amide bonds. The number of hydrogen-bond acceptors (Lipinski definition) is 6. The van der Waals surface area contributed by atoms with Crippen molar-refractivity contribution in [2.75, 3.05) is 18.6 Å². The zero-order valence-corrected chi connectivity index (χ0v) is 14.9. The molecular formula is C17H16ClN3O2S. The molecule has 0 aliphatic rings. The van der Waals surface area contributed by atoms with E-state index >= 15 is 0 Å². The fourth-order valence-electron chi connectivity index (χ4n) is 2.47. The van der Waals surface area contributed by atoms with E-state index in [9.17, 15) is 4.79 Å². The second-order valence-corrected chi connectivity index (χ2v) is 6.40. The molecule has 3 rings (SSSR count). The van der Waals surface area contributed by atoms with E-state index in [1.807, 2.05) is 42.3 Å². The smallest absolute Gasteiger partial charge is 0.339 e. The van der Waals surface area contributed by atoms with Crippen molar-refractivity contribution in [2.24, 2.45) is 0 Å². The summed E-state index contributed by atoms with van der Waals surface area (Å²) in [6.07, 6.45) is 0. The quantitative estimate of drug-likeness (QED) is 0.504. The number of thiophene rings is 1. The first-order chi connectivity index (χ1) is 11.6. The van der Waals surface area contributed by atoms with Gasteiger partial charge in [-0.1, -0.05) is 30.3 Å². The first kappa shape index (κ1) is 16.7.